The van der Waals surface area contributed by atoms with Crippen molar-refractivity contribution in [1.29, 1.82) is 0 Å². The van der Waals surface area contributed by atoms with Crippen LogP contribution in [-0.2, 0) is 4.74 Å². The summed E-state index contributed by atoms with van der Waals surface area (Å²) in [6.07, 6.45) is 1.09. The van der Waals surface area contributed by atoms with Crippen LogP contribution in [-0.4, -0.2) is 31.0 Å². The van der Waals surface area contributed by atoms with Crippen molar-refractivity contribution in [3.05, 3.63) is 12.7 Å². The van der Waals surface area contributed by atoms with E-state index in [9.17, 15) is 0 Å². The van der Waals surface area contributed by atoms with E-state index < -0.39 is 6.10 Å². The van der Waals surface area contributed by atoms with E-state index >= 15 is 0 Å². The standard InChI is InChI=1S/C6H13NO2/c1-2-3-9-5-6(8)4-7/h2,6,8H,1,3-5,7H2. The van der Waals surface area contributed by atoms with E-state index in [-0.39, 0.29) is 6.54 Å². The average Bonchev–Trinajstić information content (AvgIpc) is 1.89. The van der Waals surface area contributed by atoms with E-state index in [1.807, 2.05) is 0 Å². The average molecular weight is 131 g/mol. The monoisotopic (exact) mass is 131 g/mol. The summed E-state index contributed by atoms with van der Waals surface area (Å²) in [5, 5.41) is 8.80. The van der Waals surface area contributed by atoms with Gasteiger partial charge in [0.15, 0.2) is 0 Å². The molecule has 3 N–H and O–H groups in total. The molecule has 0 aromatic heterocycles. The molecule has 0 aliphatic carbocycles. The van der Waals surface area contributed by atoms with Crippen LogP contribution in [0.5, 0.6) is 0 Å². The first-order chi connectivity index (χ1) is 4.31. The molecule has 0 aliphatic heterocycles. The van der Waals surface area contributed by atoms with E-state index in [1.54, 1.807) is 6.08 Å². The second-order valence-corrected chi connectivity index (χ2v) is 1.72. The van der Waals surface area contributed by atoms with Crippen molar-refractivity contribution in [2.24, 2.45) is 5.73 Å². The zero-order valence-electron chi connectivity index (χ0n) is 5.42. The van der Waals surface area contributed by atoms with E-state index in [4.69, 9.17) is 15.6 Å². The minimum absolute atomic E-state index is 0.247. The molecule has 0 heterocycles. The van der Waals surface area contributed by atoms with E-state index in [0.717, 1.165) is 0 Å². The molecule has 0 rings (SSSR count). The van der Waals surface area contributed by atoms with Crippen LogP contribution in [0.4, 0.5) is 0 Å². The minimum Gasteiger partial charge on any atom is -0.389 e. The van der Waals surface area contributed by atoms with Gasteiger partial charge in [0.05, 0.1) is 19.3 Å². The molecule has 1 atom stereocenters. The zero-order valence-corrected chi connectivity index (χ0v) is 5.42. The lowest BCUT2D eigenvalue weighted by Crippen LogP contribution is -2.25. The smallest absolute Gasteiger partial charge is 0.0895 e. The van der Waals surface area contributed by atoms with Crippen molar-refractivity contribution in [2.75, 3.05) is 19.8 Å². The molecule has 0 saturated carbocycles. The maximum atomic E-state index is 8.80. The van der Waals surface area contributed by atoms with Crippen molar-refractivity contribution in [3.63, 3.8) is 0 Å². The van der Waals surface area contributed by atoms with Gasteiger partial charge in [0.1, 0.15) is 0 Å². The van der Waals surface area contributed by atoms with Crippen LogP contribution in [0, 0.1) is 0 Å². The number of aliphatic hydroxyl groups excluding tert-OH is 1. The van der Waals surface area contributed by atoms with Crippen molar-refractivity contribution in [2.45, 2.75) is 6.10 Å². The first-order valence-corrected chi connectivity index (χ1v) is 2.88. The fraction of sp³-hybridized carbons (Fsp3) is 0.667. The van der Waals surface area contributed by atoms with Gasteiger partial charge in [0.25, 0.3) is 0 Å². The molecular formula is C6H13NO2. The SMILES string of the molecule is C=CCOCC(O)CN. The normalized spacial score (nSPS) is 13.1. The number of ether oxygens (including phenoxy) is 1. The van der Waals surface area contributed by atoms with Gasteiger partial charge in [-0.25, -0.2) is 0 Å². The van der Waals surface area contributed by atoms with Crippen LogP contribution >= 0.6 is 0 Å². The molecule has 0 bridgehead atoms. The molecule has 0 aromatic rings. The second kappa shape index (κ2) is 5.75. The van der Waals surface area contributed by atoms with E-state index in [2.05, 4.69) is 6.58 Å². The maximum Gasteiger partial charge on any atom is 0.0895 e. The van der Waals surface area contributed by atoms with Crippen molar-refractivity contribution in [1.82, 2.24) is 0 Å². The molecule has 54 valence electrons. The molecule has 0 fully saturated rings. The molecular weight excluding hydrogens is 118 g/mol. The van der Waals surface area contributed by atoms with Crippen LogP contribution in [0.25, 0.3) is 0 Å². The molecule has 0 spiro atoms. The summed E-state index contributed by atoms with van der Waals surface area (Å²) in [5.74, 6) is 0. The Balaban J connectivity index is 2.96. The van der Waals surface area contributed by atoms with Crippen molar-refractivity contribution < 1.29 is 9.84 Å². The summed E-state index contributed by atoms with van der Waals surface area (Å²) in [5.41, 5.74) is 5.10. The number of rotatable bonds is 5. The minimum atomic E-state index is -0.537. The van der Waals surface area contributed by atoms with Crippen LogP contribution in [0.3, 0.4) is 0 Å². The Hall–Kier alpha value is -0.380. The molecule has 0 aromatic carbocycles. The largest absolute Gasteiger partial charge is 0.389 e. The summed E-state index contributed by atoms with van der Waals surface area (Å²) in [6, 6.07) is 0. The zero-order chi connectivity index (χ0) is 7.11. The third-order valence-electron chi connectivity index (χ3n) is 0.818. The van der Waals surface area contributed by atoms with E-state index in [1.165, 1.54) is 0 Å². The first kappa shape index (κ1) is 8.62. The van der Waals surface area contributed by atoms with Gasteiger partial charge >= 0.3 is 0 Å². The van der Waals surface area contributed by atoms with Crippen LogP contribution in [0.1, 0.15) is 0 Å². The van der Waals surface area contributed by atoms with Gasteiger partial charge in [-0.3, -0.25) is 0 Å². The Bertz CT molecular complexity index is 75.5. The fourth-order valence-corrected chi connectivity index (χ4v) is 0.355. The molecule has 3 heteroatoms. The van der Waals surface area contributed by atoms with Gasteiger partial charge in [0.2, 0.25) is 0 Å². The third-order valence-corrected chi connectivity index (χ3v) is 0.818. The summed E-state index contributed by atoms with van der Waals surface area (Å²) < 4.78 is 4.89. The number of nitrogens with two attached hydrogens (primary N) is 1. The molecule has 0 radical (unpaired) electrons. The highest BCUT2D eigenvalue weighted by molar-refractivity contribution is 4.64. The molecule has 3 nitrogen and oxygen atoms in total. The summed E-state index contributed by atoms with van der Waals surface area (Å²) >= 11 is 0. The van der Waals surface area contributed by atoms with Crippen molar-refractivity contribution >= 4 is 0 Å². The Morgan fingerprint density at radius 2 is 2.44 bits per heavy atom. The van der Waals surface area contributed by atoms with Gasteiger partial charge in [0, 0.05) is 6.54 Å². The van der Waals surface area contributed by atoms with Crippen LogP contribution < -0.4 is 5.73 Å². The highest BCUT2D eigenvalue weighted by Gasteiger charge is 1.97. The Morgan fingerprint density at radius 1 is 1.78 bits per heavy atom. The highest BCUT2D eigenvalue weighted by atomic mass is 16.5. The number of hydrogen-bond donors (Lipinski definition) is 2. The summed E-state index contributed by atoms with van der Waals surface area (Å²) in [6.45, 7) is 4.46. The predicted molar refractivity (Wildman–Crippen MR) is 36.1 cm³/mol. The quantitative estimate of drug-likeness (QED) is 0.391. The molecule has 9 heavy (non-hydrogen) atoms. The number of aliphatic hydroxyl groups is 1. The lowest BCUT2D eigenvalue weighted by molar-refractivity contribution is 0.0544. The fourth-order valence-electron chi connectivity index (χ4n) is 0.355. The first-order valence-electron chi connectivity index (χ1n) is 2.88. The number of hydrogen-bond acceptors (Lipinski definition) is 3. The maximum absolute atomic E-state index is 8.80. The van der Waals surface area contributed by atoms with Gasteiger partial charge in [-0.2, -0.15) is 0 Å². The van der Waals surface area contributed by atoms with Crippen LogP contribution in [0.2, 0.25) is 0 Å². The van der Waals surface area contributed by atoms with Gasteiger partial charge < -0.3 is 15.6 Å². The third kappa shape index (κ3) is 5.49. The second-order valence-electron chi connectivity index (χ2n) is 1.72. The Kier molecular flexibility index (Phi) is 5.51. The van der Waals surface area contributed by atoms with Crippen molar-refractivity contribution in [3.8, 4) is 0 Å². The predicted octanol–water partition coefficient (Wildman–Crippen LogP) is -0.491. The molecule has 1 unspecified atom stereocenters. The molecule has 0 aliphatic rings. The van der Waals surface area contributed by atoms with Gasteiger partial charge in [-0.1, -0.05) is 6.08 Å². The lowest BCUT2D eigenvalue weighted by Gasteiger charge is -2.05. The van der Waals surface area contributed by atoms with E-state index in [0.29, 0.717) is 13.2 Å². The Morgan fingerprint density at radius 3 is 2.89 bits per heavy atom. The lowest BCUT2D eigenvalue weighted by atomic mass is 10.4. The van der Waals surface area contributed by atoms with Gasteiger partial charge in [-0.05, 0) is 0 Å². The topological polar surface area (TPSA) is 55.5 Å². The Labute approximate surface area is 55.1 Å². The van der Waals surface area contributed by atoms with Gasteiger partial charge in [-0.15, -0.1) is 6.58 Å². The summed E-state index contributed by atoms with van der Waals surface area (Å²) in [4.78, 5) is 0. The van der Waals surface area contributed by atoms with Crippen LogP contribution in [0.15, 0.2) is 12.7 Å². The molecule has 0 amide bonds. The molecule has 0 saturated heterocycles. The summed E-state index contributed by atoms with van der Waals surface area (Å²) in [7, 11) is 0. The highest BCUT2D eigenvalue weighted by Crippen LogP contribution is 1.81.